The molecule has 0 bridgehead atoms. The fourth-order valence-corrected chi connectivity index (χ4v) is 5.00. The number of nitrogens with zero attached hydrogens (tertiary/aromatic N) is 2. The Labute approximate surface area is 194 Å². The lowest BCUT2D eigenvalue weighted by Crippen LogP contribution is -2.03. The Balaban J connectivity index is 1.63. The molecule has 0 spiro atoms. The third kappa shape index (κ3) is 3.51. The van der Waals surface area contributed by atoms with Crippen molar-refractivity contribution in [3.63, 3.8) is 0 Å². The number of nitrogen functional groups attached to an aromatic ring is 2. The molecule has 0 atom stereocenters. The van der Waals surface area contributed by atoms with E-state index in [-0.39, 0.29) is 17.2 Å². The van der Waals surface area contributed by atoms with E-state index in [1.165, 1.54) is 11.3 Å². The van der Waals surface area contributed by atoms with Crippen LogP contribution >= 0.6 is 11.3 Å². The van der Waals surface area contributed by atoms with Crippen LogP contribution < -0.4 is 11.5 Å². The standard InChI is InChI=1S/C27H18N4OS/c28-15-20-21(18-9-5-2-6-10-18)22-23(29)25(33-27(22)31-26(20)30)24(32)19-13-11-17(12-14-19)16-7-3-1-4-8-16/h1-14H,29H2,(H2,30,31). The number of aromatic nitrogens is 1. The highest BCUT2D eigenvalue weighted by molar-refractivity contribution is 7.21. The van der Waals surface area contributed by atoms with Gasteiger partial charge in [-0.2, -0.15) is 5.26 Å². The van der Waals surface area contributed by atoms with Crippen molar-refractivity contribution in [2.24, 2.45) is 0 Å². The number of pyridine rings is 1. The molecule has 158 valence electrons. The van der Waals surface area contributed by atoms with Gasteiger partial charge in [-0.15, -0.1) is 11.3 Å². The van der Waals surface area contributed by atoms with E-state index in [4.69, 9.17) is 11.5 Å². The minimum absolute atomic E-state index is 0.122. The minimum Gasteiger partial charge on any atom is -0.397 e. The molecule has 4 N–H and O–H groups in total. The van der Waals surface area contributed by atoms with Crippen molar-refractivity contribution in [2.75, 3.05) is 11.5 Å². The smallest absolute Gasteiger partial charge is 0.205 e. The van der Waals surface area contributed by atoms with Crippen LogP contribution in [-0.4, -0.2) is 10.8 Å². The summed E-state index contributed by atoms with van der Waals surface area (Å²) in [7, 11) is 0. The molecule has 0 aliphatic heterocycles. The van der Waals surface area contributed by atoms with Crippen LogP contribution in [-0.2, 0) is 0 Å². The number of thiophene rings is 1. The van der Waals surface area contributed by atoms with E-state index >= 15 is 0 Å². The van der Waals surface area contributed by atoms with Gasteiger partial charge in [-0.05, 0) is 16.7 Å². The van der Waals surface area contributed by atoms with Crippen molar-refractivity contribution in [1.82, 2.24) is 4.98 Å². The second kappa shape index (κ2) is 8.23. The lowest BCUT2D eigenvalue weighted by molar-refractivity contribution is 0.104. The summed E-state index contributed by atoms with van der Waals surface area (Å²) in [5.41, 5.74) is 17.2. The Hall–Kier alpha value is -4.47. The average Bonchev–Trinajstić information content (AvgIpc) is 3.19. The fraction of sp³-hybridized carbons (Fsp3) is 0. The van der Waals surface area contributed by atoms with Gasteiger partial charge < -0.3 is 11.5 Å². The lowest BCUT2D eigenvalue weighted by Gasteiger charge is -2.09. The SMILES string of the molecule is N#Cc1c(N)nc2sc(C(=O)c3ccc(-c4ccccc4)cc3)c(N)c2c1-c1ccccc1. The fourth-order valence-electron chi connectivity index (χ4n) is 3.92. The Morgan fingerprint density at radius 2 is 1.39 bits per heavy atom. The zero-order valence-corrected chi connectivity index (χ0v) is 18.3. The Kier molecular flexibility index (Phi) is 5.09. The van der Waals surface area contributed by atoms with Gasteiger partial charge in [0.25, 0.3) is 0 Å². The first-order chi connectivity index (χ1) is 16.1. The predicted octanol–water partition coefficient (Wildman–Crippen LogP) is 5.90. The summed E-state index contributed by atoms with van der Waals surface area (Å²) in [6.45, 7) is 0. The molecule has 2 heterocycles. The molecule has 3 aromatic carbocycles. The summed E-state index contributed by atoms with van der Waals surface area (Å²) in [5.74, 6) is -0.0671. The predicted molar refractivity (Wildman–Crippen MR) is 134 cm³/mol. The second-order valence-electron chi connectivity index (χ2n) is 7.52. The molecular weight excluding hydrogens is 428 g/mol. The zero-order chi connectivity index (χ0) is 22.9. The van der Waals surface area contributed by atoms with Gasteiger partial charge in [0.2, 0.25) is 5.78 Å². The molecule has 2 aromatic heterocycles. The quantitative estimate of drug-likeness (QED) is 0.334. The van der Waals surface area contributed by atoms with E-state index in [2.05, 4.69) is 11.1 Å². The van der Waals surface area contributed by atoms with Crippen molar-refractivity contribution in [3.05, 3.63) is 101 Å². The maximum atomic E-state index is 13.4. The number of fused-ring (bicyclic) bond motifs is 1. The van der Waals surface area contributed by atoms with Crippen molar-refractivity contribution in [3.8, 4) is 28.3 Å². The van der Waals surface area contributed by atoms with Crippen molar-refractivity contribution in [2.45, 2.75) is 0 Å². The summed E-state index contributed by atoms with van der Waals surface area (Å²) in [4.78, 5) is 18.7. The van der Waals surface area contributed by atoms with Gasteiger partial charge in [0.05, 0.1) is 5.69 Å². The van der Waals surface area contributed by atoms with Crippen LogP contribution in [0.2, 0.25) is 0 Å². The monoisotopic (exact) mass is 446 g/mol. The van der Waals surface area contributed by atoms with E-state index in [1.807, 2.05) is 72.8 Å². The molecule has 0 saturated carbocycles. The number of nitriles is 1. The van der Waals surface area contributed by atoms with Crippen LogP contribution in [0.3, 0.4) is 0 Å². The molecule has 0 unspecified atom stereocenters. The number of rotatable bonds is 4. The molecule has 5 nitrogen and oxygen atoms in total. The number of carbonyl (C=O) groups excluding carboxylic acids is 1. The Bertz CT molecular complexity index is 1530. The highest BCUT2D eigenvalue weighted by atomic mass is 32.1. The summed E-state index contributed by atoms with van der Waals surface area (Å²) >= 11 is 1.19. The van der Waals surface area contributed by atoms with Crippen LogP contribution in [0, 0.1) is 11.3 Å². The van der Waals surface area contributed by atoms with Crippen LogP contribution in [0.5, 0.6) is 0 Å². The normalized spacial score (nSPS) is 10.8. The van der Waals surface area contributed by atoms with Gasteiger partial charge in [-0.3, -0.25) is 4.79 Å². The molecule has 0 aliphatic carbocycles. The third-order valence-corrected chi connectivity index (χ3v) is 6.64. The number of hydrogen-bond acceptors (Lipinski definition) is 6. The van der Waals surface area contributed by atoms with Gasteiger partial charge in [0.1, 0.15) is 27.2 Å². The van der Waals surface area contributed by atoms with Crippen molar-refractivity contribution in [1.29, 1.82) is 5.26 Å². The molecule has 0 amide bonds. The first-order valence-electron chi connectivity index (χ1n) is 10.3. The maximum absolute atomic E-state index is 13.4. The average molecular weight is 447 g/mol. The number of anilines is 2. The van der Waals surface area contributed by atoms with Gasteiger partial charge >= 0.3 is 0 Å². The largest absolute Gasteiger partial charge is 0.397 e. The summed E-state index contributed by atoms with van der Waals surface area (Å²) in [6.07, 6.45) is 0. The van der Waals surface area contributed by atoms with Crippen LogP contribution in [0.1, 0.15) is 20.8 Å². The molecule has 33 heavy (non-hydrogen) atoms. The van der Waals surface area contributed by atoms with Crippen molar-refractivity contribution >= 4 is 38.8 Å². The van der Waals surface area contributed by atoms with E-state index in [0.29, 0.717) is 31.9 Å². The van der Waals surface area contributed by atoms with Crippen LogP contribution in [0.15, 0.2) is 84.9 Å². The number of nitrogens with two attached hydrogens (primary N) is 2. The minimum atomic E-state index is -0.189. The highest BCUT2D eigenvalue weighted by Gasteiger charge is 2.24. The number of hydrogen-bond donors (Lipinski definition) is 2. The van der Waals surface area contributed by atoms with Gasteiger partial charge in [0.15, 0.2) is 0 Å². The van der Waals surface area contributed by atoms with Gasteiger partial charge in [-0.1, -0.05) is 84.9 Å². The molecular formula is C27H18N4OS. The summed E-state index contributed by atoms with van der Waals surface area (Å²) in [5, 5.41) is 10.3. The molecule has 0 fully saturated rings. The van der Waals surface area contributed by atoms with Crippen molar-refractivity contribution < 1.29 is 4.79 Å². The lowest BCUT2D eigenvalue weighted by atomic mass is 9.96. The van der Waals surface area contributed by atoms with E-state index in [0.717, 1.165) is 16.7 Å². The molecule has 0 radical (unpaired) electrons. The van der Waals surface area contributed by atoms with E-state index < -0.39 is 0 Å². The molecule has 0 saturated heterocycles. The van der Waals surface area contributed by atoms with Crippen LogP contribution in [0.4, 0.5) is 11.5 Å². The van der Waals surface area contributed by atoms with Gasteiger partial charge in [-0.25, -0.2) is 4.98 Å². The number of carbonyl (C=O) groups is 1. The summed E-state index contributed by atoms with van der Waals surface area (Å²) in [6, 6.07) is 29.0. The first-order valence-corrected chi connectivity index (χ1v) is 11.1. The first kappa shape index (κ1) is 20.4. The Morgan fingerprint density at radius 3 is 2.00 bits per heavy atom. The second-order valence-corrected chi connectivity index (χ2v) is 8.52. The highest BCUT2D eigenvalue weighted by Crippen LogP contribution is 2.43. The molecule has 6 heteroatoms. The molecule has 5 rings (SSSR count). The zero-order valence-electron chi connectivity index (χ0n) is 17.4. The van der Waals surface area contributed by atoms with E-state index in [9.17, 15) is 10.1 Å². The third-order valence-electron chi connectivity index (χ3n) is 5.54. The van der Waals surface area contributed by atoms with Crippen LogP contribution in [0.25, 0.3) is 32.5 Å². The van der Waals surface area contributed by atoms with E-state index in [1.54, 1.807) is 12.1 Å². The maximum Gasteiger partial charge on any atom is 0.205 e. The Morgan fingerprint density at radius 1 is 0.818 bits per heavy atom. The number of ketones is 1. The van der Waals surface area contributed by atoms with Gasteiger partial charge in [0, 0.05) is 16.5 Å². The summed E-state index contributed by atoms with van der Waals surface area (Å²) < 4.78 is 0. The molecule has 0 aliphatic rings. The number of benzene rings is 3. The molecule has 5 aromatic rings. The topological polar surface area (TPSA) is 106 Å².